The Morgan fingerprint density at radius 2 is 1.88 bits per heavy atom. The van der Waals surface area contributed by atoms with Crippen LogP contribution in [0.25, 0.3) is 5.57 Å². The molecule has 0 N–H and O–H groups in total. The topological polar surface area (TPSA) is 12.5 Å². The highest BCUT2D eigenvalue weighted by Crippen LogP contribution is 2.29. The van der Waals surface area contributed by atoms with Gasteiger partial charge in [-0.3, -0.25) is 0 Å². The van der Waals surface area contributed by atoms with Gasteiger partial charge in [0.1, 0.15) is 5.75 Å². The van der Waals surface area contributed by atoms with E-state index in [1.165, 1.54) is 12.5 Å². The molecule has 0 saturated carbocycles. The lowest BCUT2D eigenvalue weighted by Gasteiger charge is -2.26. The second kappa shape index (κ2) is 8.15. The van der Waals surface area contributed by atoms with Crippen LogP contribution in [0.3, 0.4) is 0 Å². The average Bonchev–Trinajstić information content (AvgIpc) is 2.61. The molecule has 1 aliphatic rings. The number of halogens is 2. The van der Waals surface area contributed by atoms with Crippen molar-refractivity contribution < 1.29 is 13.5 Å². The molecule has 1 aliphatic heterocycles. The monoisotopic (exact) mass is 345 g/mol. The maximum atomic E-state index is 13.3. The summed E-state index contributed by atoms with van der Waals surface area (Å²) in [5.41, 5.74) is 4.31. The lowest BCUT2D eigenvalue weighted by molar-refractivity contribution is -0.177. The minimum absolute atomic E-state index is 0.173. The van der Waals surface area contributed by atoms with Gasteiger partial charge < -0.3 is 9.64 Å². The maximum Gasteiger partial charge on any atom is 0.397 e. The van der Waals surface area contributed by atoms with Crippen molar-refractivity contribution in [3.05, 3.63) is 71.6 Å². The molecule has 1 aromatic rings. The Kier molecular flexibility index (Phi) is 6.18. The first-order valence-electron chi connectivity index (χ1n) is 8.57. The van der Waals surface area contributed by atoms with Crippen LogP contribution in [0.15, 0.2) is 66.0 Å². The number of alkyl halides is 2. The van der Waals surface area contributed by atoms with Crippen molar-refractivity contribution in [1.29, 1.82) is 0 Å². The zero-order valence-electron chi connectivity index (χ0n) is 15.2. The number of likely N-dealkylation sites (N-methyl/N-ethyl adjacent to an activating group) is 1. The van der Waals surface area contributed by atoms with E-state index in [0.717, 1.165) is 23.4 Å². The van der Waals surface area contributed by atoms with Crippen molar-refractivity contribution in [2.75, 3.05) is 6.54 Å². The molecular formula is C21H25F2NO. The maximum absolute atomic E-state index is 13.3. The second-order valence-electron chi connectivity index (χ2n) is 5.89. The summed E-state index contributed by atoms with van der Waals surface area (Å²) >= 11 is 0. The van der Waals surface area contributed by atoms with Gasteiger partial charge >= 0.3 is 6.11 Å². The van der Waals surface area contributed by atoms with Crippen molar-refractivity contribution in [2.24, 2.45) is 0 Å². The Morgan fingerprint density at radius 1 is 1.20 bits per heavy atom. The molecule has 134 valence electrons. The number of hydrogen-bond donors (Lipinski definition) is 0. The van der Waals surface area contributed by atoms with E-state index >= 15 is 0 Å². The van der Waals surface area contributed by atoms with Gasteiger partial charge in [-0.15, -0.1) is 0 Å². The summed E-state index contributed by atoms with van der Waals surface area (Å²) in [5, 5.41) is 0. The summed E-state index contributed by atoms with van der Waals surface area (Å²) in [6, 6.07) is 6.78. The molecule has 0 spiro atoms. The van der Waals surface area contributed by atoms with E-state index in [0.29, 0.717) is 0 Å². The van der Waals surface area contributed by atoms with Crippen LogP contribution in [-0.2, 0) is 0 Å². The molecule has 0 atom stereocenters. The van der Waals surface area contributed by atoms with E-state index in [2.05, 4.69) is 30.9 Å². The van der Waals surface area contributed by atoms with Gasteiger partial charge in [0.2, 0.25) is 0 Å². The highest BCUT2D eigenvalue weighted by molar-refractivity contribution is 5.78. The van der Waals surface area contributed by atoms with Gasteiger partial charge in [-0.1, -0.05) is 31.2 Å². The smallest absolute Gasteiger partial charge is 0.397 e. The Bertz CT molecular complexity index is 712. The summed E-state index contributed by atoms with van der Waals surface area (Å²) < 4.78 is 31.4. The van der Waals surface area contributed by atoms with Crippen molar-refractivity contribution in [3.8, 4) is 5.75 Å². The molecule has 0 saturated heterocycles. The van der Waals surface area contributed by atoms with Crippen molar-refractivity contribution in [1.82, 2.24) is 4.90 Å². The molecule has 4 heteroatoms. The van der Waals surface area contributed by atoms with Crippen molar-refractivity contribution in [2.45, 2.75) is 40.2 Å². The number of rotatable bonds is 6. The Morgan fingerprint density at radius 3 is 2.44 bits per heavy atom. The van der Waals surface area contributed by atoms with Crippen LogP contribution in [0.4, 0.5) is 8.78 Å². The molecule has 2 nitrogen and oxygen atoms in total. The Hall–Kier alpha value is -2.36. The number of hydrogen-bond acceptors (Lipinski definition) is 2. The Balaban J connectivity index is 2.29. The van der Waals surface area contributed by atoms with Crippen LogP contribution < -0.4 is 4.74 Å². The highest BCUT2D eigenvalue weighted by Gasteiger charge is 2.28. The van der Waals surface area contributed by atoms with Crippen LogP contribution in [0.1, 0.15) is 39.7 Å². The molecule has 1 aromatic carbocycles. The number of benzene rings is 1. The molecule has 0 aliphatic carbocycles. The molecule has 0 aromatic heterocycles. The molecule has 25 heavy (non-hydrogen) atoms. The predicted octanol–water partition coefficient (Wildman–Crippen LogP) is 6.15. The molecule has 0 amide bonds. The van der Waals surface area contributed by atoms with Crippen LogP contribution in [-0.4, -0.2) is 17.6 Å². The quantitative estimate of drug-likeness (QED) is 0.613. The van der Waals surface area contributed by atoms with Crippen LogP contribution in [0, 0.1) is 0 Å². The van der Waals surface area contributed by atoms with E-state index in [9.17, 15) is 8.78 Å². The van der Waals surface area contributed by atoms with E-state index < -0.39 is 6.11 Å². The lowest BCUT2D eigenvalue weighted by Crippen LogP contribution is -2.23. The highest BCUT2D eigenvalue weighted by atomic mass is 19.3. The minimum atomic E-state index is -3.13. The first-order valence-corrected chi connectivity index (χ1v) is 8.57. The zero-order chi connectivity index (χ0) is 18.4. The van der Waals surface area contributed by atoms with Gasteiger partial charge in [0.25, 0.3) is 0 Å². The summed E-state index contributed by atoms with van der Waals surface area (Å²) in [5.74, 6) is 0.173. The molecule has 0 unspecified atom stereocenters. The third kappa shape index (κ3) is 4.81. The largest absolute Gasteiger partial charge is 0.433 e. The fraction of sp³-hybridized carbons (Fsp3) is 0.333. The molecule has 0 bridgehead atoms. The van der Waals surface area contributed by atoms with E-state index in [-0.39, 0.29) is 12.2 Å². The number of ether oxygens (including phenoxy) is 1. The van der Waals surface area contributed by atoms with Gasteiger partial charge in [0.05, 0.1) is 0 Å². The fourth-order valence-electron chi connectivity index (χ4n) is 2.62. The lowest BCUT2D eigenvalue weighted by atomic mass is 10.00. The van der Waals surface area contributed by atoms with Gasteiger partial charge in [-0.25, -0.2) is 0 Å². The molecule has 0 fully saturated rings. The molecule has 0 radical (unpaired) electrons. The van der Waals surface area contributed by atoms with E-state index in [4.69, 9.17) is 4.74 Å². The molecular weight excluding hydrogens is 320 g/mol. The van der Waals surface area contributed by atoms with Gasteiger partial charge in [0, 0.05) is 24.9 Å². The first-order chi connectivity index (χ1) is 11.9. The van der Waals surface area contributed by atoms with Crippen LogP contribution >= 0.6 is 0 Å². The van der Waals surface area contributed by atoms with Crippen LogP contribution in [0.5, 0.6) is 5.75 Å². The van der Waals surface area contributed by atoms with Crippen molar-refractivity contribution in [3.63, 3.8) is 0 Å². The molecule has 1 heterocycles. The van der Waals surface area contributed by atoms with Gasteiger partial charge in [-0.2, -0.15) is 8.78 Å². The Labute approximate surface area is 148 Å². The number of allylic oxidation sites excluding steroid dienone is 6. The van der Waals surface area contributed by atoms with Gasteiger partial charge in [0.15, 0.2) is 0 Å². The minimum Gasteiger partial charge on any atom is -0.433 e. The summed E-state index contributed by atoms with van der Waals surface area (Å²) in [6.07, 6.45) is 6.81. The van der Waals surface area contributed by atoms with E-state index in [1.807, 2.05) is 37.4 Å². The predicted molar refractivity (Wildman–Crippen MR) is 99.3 cm³/mol. The second-order valence-corrected chi connectivity index (χ2v) is 5.89. The van der Waals surface area contributed by atoms with E-state index in [1.54, 1.807) is 12.1 Å². The third-order valence-electron chi connectivity index (χ3n) is 4.06. The number of nitrogens with zero attached hydrogens (tertiary/aromatic N) is 1. The SMILES string of the molecule is CC=C/C(C)=C1/C=C(c2ccc(OC(F)(F)CC)cc2)C=CN1CC. The third-order valence-corrected chi connectivity index (χ3v) is 4.06. The molecule has 2 rings (SSSR count). The summed E-state index contributed by atoms with van der Waals surface area (Å²) in [4.78, 5) is 2.18. The average molecular weight is 345 g/mol. The normalized spacial score (nSPS) is 17.0. The summed E-state index contributed by atoms with van der Waals surface area (Å²) in [6.45, 7) is 8.45. The zero-order valence-corrected chi connectivity index (χ0v) is 15.2. The standard InChI is InChI=1S/C21H25F2NO/c1-5-8-16(4)20-15-18(13-14-24(20)7-3)17-9-11-19(12-10-17)25-21(22,23)6-2/h5,8-15H,6-7H2,1-4H3/b8-5?,20-16-. The first kappa shape index (κ1) is 19.0. The van der Waals surface area contributed by atoms with Gasteiger partial charge in [-0.05, 0) is 61.8 Å². The summed E-state index contributed by atoms with van der Waals surface area (Å²) in [7, 11) is 0. The van der Waals surface area contributed by atoms with Crippen molar-refractivity contribution >= 4 is 5.57 Å². The fourth-order valence-corrected chi connectivity index (χ4v) is 2.62. The van der Waals surface area contributed by atoms with Crippen LogP contribution in [0.2, 0.25) is 0 Å².